The highest BCUT2D eigenvalue weighted by atomic mass is 16.4. The average Bonchev–Trinajstić information content (AvgIpc) is 2.47. The lowest BCUT2D eigenvalue weighted by Crippen LogP contribution is -2.14. The molecule has 3 rings (SSSR count). The maximum Gasteiger partial charge on any atom is 0.371 e. The minimum absolute atomic E-state index is 0.0383. The van der Waals surface area contributed by atoms with Crippen LogP contribution in [-0.2, 0) is 24.1 Å². The van der Waals surface area contributed by atoms with Crippen LogP contribution in [0.3, 0.4) is 0 Å². The fraction of sp³-hybridized carbons (Fsp3) is 0.353. The number of carboxylic acids is 1. The van der Waals surface area contributed by atoms with Gasteiger partial charge in [-0.05, 0) is 49.8 Å². The molecule has 0 spiro atoms. The van der Waals surface area contributed by atoms with Crippen LogP contribution in [-0.4, -0.2) is 16.9 Å². The summed E-state index contributed by atoms with van der Waals surface area (Å²) in [5.41, 5.74) is 2.67. The lowest BCUT2D eigenvalue weighted by Gasteiger charge is -2.20. The summed E-state index contributed by atoms with van der Waals surface area (Å²) in [6.45, 7) is 1.48. The van der Waals surface area contributed by atoms with Crippen LogP contribution in [0.1, 0.15) is 47.0 Å². The third kappa shape index (κ3) is 2.43. The van der Waals surface area contributed by atoms with E-state index in [4.69, 9.17) is 9.52 Å². The Morgan fingerprint density at radius 3 is 2.64 bits per heavy atom. The molecule has 114 valence electrons. The Hall–Kier alpha value is -2.43. The topological polar surface area (TPSA) is 84.6 Å². The Balaban J connectivity index is 2.39. The Kier molecular flexibility index (Phi) is 3.56. The van der Waals surface area contributed by atoms with Crippen molar-refractivity contribution in [2.24, 2.45) is 0 Å². The van der Waals surface area contributed by atoms with E-state index in [-0.39, 0.29) is 23.2 Å². The monoisotopic (exact) mass is 300 g/mol. The molecule has 0 saturated carbocycles. The van der Waals surface area contributed by atoms with E-state index in [1.807, 2.05) is 0 Å². The molecule has 22 heavy (non-hydrogen) atoms. The molecule has 0 unspecified atom stereocenters. The summed E-state index contributed by atoms with van der Waals surface area (Å²) in [4.78, 5) is 34.9. The number of hydrogen-bond acceptors (Lipinski definition) is 4. The molecule has 1 aromatic heterocycles. The van der Waals surface area contributed by atoms with Gasteiger partial charge in [-0.2, -0.15) is 0 Å². The van der Waals surface area contributed by atoms with Crippen LogP contribution in [0.15, 0.2) is 21.3 Å². The van der Waals surface area contributed by atoms with Gasteiger partial charge in [0.15, 0.2) is 5.43 Å². The summed E-state index contributed by atoms with van der Waals surface area (Å²) < 4.78 is 5.45. The van der Waals surface area contributed by atoms with Crippen molar-refractivity contribution in [2.45, 2.75) is 39.0 Å². The van der Waals surface area contributed by atoms with Gasteiger partial charge in [-0.3, -0.25) is 9.59 Å². The van der Waals surface area contributed by atoms with E-state index in [2.05, 4.69) is 0 Å². The van der Waals surface area contributed by atoms with Crippen LogP contribution in [0.2, 0.25) is 0 Å². The number of aryl methyl sites for hydroxylation is 1. The van der Waals surface area contributed by atoms with Gasteiger partial charge in [0.2, 0.25) is 5.76 Å². The summed E-state index contributed by atoms with van der Waals surface area (Å²) in [6.07, 6.45) is 3.93. The highest BCUT2D eigenvalue weighted by molar-refractivity contribution is 5.91. The molecule has 1 aliphatic rings. The molecule has 1 aliphatic carbocycles. The first kappa shape index (κ1) is 14.5. The Bertz CT molecular complexity index is 844. The standard InChI is InChI=1S/C17H16O5/c1-9(18)6-12-11-5-3-2-4-10(11)7-13-14(19)8-15(17(20)21)22-16(12)13/h7-8H,2-6H2,1H3,(H,20,21). The number of benzene rings is 1. The van der Waals surface area contributed by atoms with Crippen molar-refractivity contribution in [1.29, 1.82) is 0 Å². The molecule has 2 aromatic rings. The van der Waals surface area contributed by atoms with Crippen LogP contribution in [0, 0.1) is 0 Å². The Morgan fingerprint density at radius 2 is 1.95 bits per heavy atom. The zero-order valence-corrected chi connectivity index (χ0v) is 12.3. The maximum atomic E-state index is 12.2. The van der Waals surface area contributed by atoms with Gasteiger partial charge < -0.3 is 9.52 Å². The quantitative estimate of drug-likeness (QED) is 0.941. The SMILES string of the molecule is CC(=O)Cc1c2c(cc3c(=O)cc(C(=O)O)oc13)CCCC2. The Labute approximate surface area is 126 Å². The number of hydrogen-bond donors (Lipinski definition) is 1. The van der Waals surface area contributed by atoms with Crippen molar-refractivity contribution in [3.8, 4) is 0 Å². The van der Waals surface area contributed by atoms with Gasteiger partial charge in [0.1, 0.15) is 11.4 Å². The first-order valence-corrected chi connectivity index (χ1v) is 7.31. The summed E-state index contributed by atoms with van der Waals surface area (Å²) in [5.74, 6) is -1.72. The van der Waals surface area contributed by atoms with Crippen LogP contribution in [0.5, 0.6) is 0 Å². The van der Waals surface area contributed by atoms with Crippen LogP contribution in [0.25, 0.3) is 11.0 Å². The maximum absolute atomic E-state index is 12.2. The van der Waals surface area contributed by atoms with Crippen molar-refractivity contribution in [3.05, 3.63) is 44.8 Å². The van der Waals surface area contributed by atoms with Gasteiger partial charge in [0, 0.05) is 18.1 Å². The van der Waals surface area contributed by atoms with Gasteiger partial charge in [-0.1, -0.05) is 0 Å². The molecule has 1 heterocycles. The fourth-order valence-electron chi connectivity index (χ4n) is 3.15. The number of fused-ring (bicyclic) bond motifs is 2. The van der Waals surface area contributed by atoms with Gasteiger partial charge in [0.25, 0.3) is 0 Å². The number of aromatic carboxylic acids is 1. The number of ketones is 1. The van der Waals surface area contributed by atoms with Crippen LogP contribution < -0.4 is 5.43 Å². The van der Waals surface area contributed by atoms with Crippen molar-refractivity contribution in [3.63, 3.8) is 0 Å². The molecule has 0 saturated heterocycles. The van der Waals surface area contributed by atoms with E-state index >= 15 is 0 Å². The van der Waals surface area contributed by atoms with Gasteiger partial charge in [0.05, 0.1) is 5.39 Å². The Morgan fingerprint density at radius 1 is 1.23 bits per heavy atom. The second-order valence-electron chi connectivity index (χ2n) is 5.74. The smallest absolute Gasteiger partial charge is 0.371 e. The second kappa shape index (κ2) is 5.40. The molecule has 5 heteroatoms. The van der Waals surface area contributed by atoms with E-state index in [0.717, 1.165) is 42.9 Å². The number of Topliss-reactive ketones (excluding diaryl/α,β-unsaturated/α-hetero) is 1. The highest BCUT2D eigenvalue weighted by Gasteiger charge is 2.22. The van der Waals surface area contributed by atoms with E-state index in [1.54, 1.807) is 6.07 Å². The zero-order valence-electron chi connectivity index (χ0n) is 12.3. The minimum atomic E-state index is -1.29. The summed E-state index contributed by atoms with van der Waals surface area (Å²) >= 11 is 0. The van der Waals surface area contributed by atoms with E-state index in [0.29, 0.717) is 10.9 Å². The third-order valence-electron chi connectivity index (χ3n) is 4.09. The number of rotatable bonds is 3. The summed E-state index contributed by atoms with van der Waals surface area (Å²) in [5, 5.41) is 9.44. The predicted molar refractivity (Wildman–Crippen MR) is 80.5 cm³/mol. The van der Waals surface area contributed by atoms with Crippen LogP contribution in [0.4, 0.5) is 0 Å². The highest BCUT2D eigenvalue weighted by Crippen LogP contribution is 2.31. The molecule has 1 N–H and O–H groups in total. The predicted octanol–water partition coefficient (Wildman–Crippen LogP) is 2.50. The van der Waals surface area contributed by atoms with Gasteiger partial charge in [-0.25, -0.2) is 4.79 Å². The minimum Gasteiger partial charge on any atom is -0.475 e. The van der Waals surface area contributed by atoms with E-state index < -0.39 is 11.7 Å². The summed E-state index contributed by atoms with van der Waals surface area (Å²) in [6, 6.07) is 2.79. The summed E-state index contributed by atoms with van der Waals surface area (Å²) in [7, 11) is 0. The normalized spacial score (nSPS) is 13.9. The third-order valence-corrected chi connectivity index (χ3v) is 4.09. The molecular formula is C17H16O5. The molecule has 0 radical (unpaired) electrons. The molecular weight excluding hydrogens is 284 g/mol. The molecule has 5 nitrogen and oxygen atoms in total. The van der Waals surface area contributed by atoms with Crippen LogP contribution >= 0.6 is 0 Å². The van der Waals surface area contributed by atoms with Crippen molar-refractivity contribution >= 4 is 22.7 Å². The molecule has 0 bridgehead atoms. The molecule has 0 aliphatic heterocycles. The van der Waals surface area contributed by atoms with E-state index in [1.165, 1.54) is 6.92 Å². The number of carbonyl (C=O) groups excluding carboxylic acids is 1. The first-order valence-electron chi connectivity index (χ1n) is 7.31. The van der Waals surface area contributed by atoms with E-state index in [9.17, 15) is 14.4 Å². The van der Waals surface area contributed by atoms with Crippen molar-refractivity contribution in [1.82, 2.24) is 0 Å². The largest absolute Gasteiger partial charge is 0.475 e. The average molecular weight is 300 g/mol. The van der Waals surface area contributed by atoms with Crippen molar-refractivity contribution < 1.29 is 19.1 Å². The molecule has 0 fully saturated rings. The van der Waals surface area contributed by atoms with Gasteiger partial charge >= 0.3 is 5.97 Å². The lowest BCUT2D eigenvalue weighted by molar-refractivity contribution is -0.116. The fourth-order valence-corrected chi connectivity index (χ4v) is 3.15. The zero-order chi connectivity index (χ0) is 15.9. The number of carboxylic acid groups (broad SMARTS) is 1. The van der Waals surface area contributed by atoms with Gasteiger partial charge in [-0.15, -0.1) is 0 Å². The molecule has 0 atom stereocenters. The second-order valence-corrected chi connectivity index (χ2v) is 5.74. The number of carbonyl (C=O) groups is 2. The molecule has 1 aromatic carbocycles. The first-order chi connectivity index (χ1) is 10.5. The molecule has 0 amide bonds. The van der Waals surface area contributed by atoms with Crippen molar-refractivity contribution in [2.75, 3.05) is 0 Å². The lowest BCUT2D eigenvalue weighted by atomic mass is 9.85.